The van der Waals surface area contributed by atoms with Crippen LogP contribution >= 0.6 is 11.6 Å². The smallest absolute Gasteiger partial charge is 0.269 e. The molecule has 0 spiro atoms. The van der Waals surface area contributed by atoms with Crippen molar-refractivity contribution in [2.24, 2.45) is 0 Å². The molecule has 1 aliphatic heterocycles. The number of pyridine rings is 1. The maximum Gasteiger partial charge on any atom is 0.269 e. The molecule has 1 aromatic heterocycles. The van der Waals surface area contributed by atoms with Crippen molar-refractivity contribution in [1.29, 1.82) is 0 Å². The molecule has 32 heavy (non-hydrogen) atoms. The number of nitrogens with zero attached hydrogens (tertiary/aromatic N) is 3. The molecule has 168 valence electrons. The highest BCUT2D eigenvalue weighted by Crippen LogP contribution is 2.37. The number of piperazine rings is 1. The van der Waals surface area contributed by atoms with Crippen LogP contribution in [0.2, 0.25) is 5.02 Å². The molecule has 3 rings (SSSR count). The molecule has 1 N–H and O–H groups in total. The van der Waals surface area contributed by atoms with E-state index in [1.165, 1.54) is 49.3 Å². The standard InChI is InChI=1S/C23H24ClFN4O3/c1-5-21(31)28-11-13(2)29(14(3)30)20(12-28)18-10-16(24)9-17(22(18)25)15-6-7-27-19(8-15)23(32)26-4/h5-10,13,20H,1,11-12H2,2-4H3,(H,26,32)/t13-,20+/m1/s1. The number of halogens is 2. The van der Waals surface area contributed by atoms with Gasteiger partial charge in [0.1, 0.15) is 11.5 Å². The number of hydrogen-bond acceptors (Lipinski definition) is 4. The second-order valence-corrected chi connectivity index (χ2v) is 8.04. The molecule has 1 aliphatic rings. The summed E-state index contributed by atoms with van der Waals surface area (Å²) in [5, 5.41) is 2.74. The number of hydrogen-bond donors (Lipinski definition) is 1. The SMILES string of the molecule is C=CC(=O)N1C[C@@H](C)N(C(C)=O)[C@H](c2cc(Cl)cc(-c3ccnc(C(=O)NC)c3)c2F)C1. The van der Waals surface area contributed by atoms with Gasteiger partial charge in [-0.1, -0.05) is 18.2 Å². The van der Waals surface area contributed by atoms with Crippen molar-refractivity contribution in [2.45, 2.75) is 25.9 Å². The van der Waals surface area contributed by atoms with E-state index in [2.05, 4.69) is 16.9 Å². The Bertz CT molecular complexity index is 1090. The molecule has 1 fully saturated rings. The van der Waals surface area contributed by atoms with Gasteiger partial charge < -0.3 is 15.1 Å². The number of benzene rings is 1. The Balaban J connectivity index is 2.14. The van der Waals surface area contributed by atoms with Gasteiger partial charge in [0.2, 0.25) is 11.8 Å². The summed E-state index contributed by atoms with van der Waals surface area (Å²) >= 11 is 6.35. The van der Waals surface area contributed by atoms with Crippen molar-refractivity contribution >= 4 is 29.3 Å². The first-order valence-corrected chi connectivity index (χ1v) is 10.4. The number of aromatic nitrogens is 1. The second-order valence-electron chi connectivity index (χ2n) is 7.60. The third-order valence-electron chi connectivity index (χ3n) is 5.49. The number of carbonyl (C=O) groups excluding carboxylic acids is 3. The van der Waals surface area contributed by atoms with Crippen molar-refractivity contribution in [3.05, 3.63) is 65.2 Å². The highest BCUT2D eigenvalue weighted by Gasteiger charge is 2.38. The normalized spacial score (nSPS) is 18.3. The molecule has 0 unspecified atom stereocenters. The molecule has 0 saturated carbocycles. The lowest BCUT2D eigenvalue weighted by Gasteiger charge is -2.45. The van der Waals surface area contributed by atoms with Crippen LogP contribution in [0.15, 0.2) is 43.1 Å². The number of carbonyl (C=O) groups is 3. The van der Waals surface area contributed by atoms with E-state index in [-0.39, 0.29) is 46.2 Å². The monoisotopic (exact) mass is 458 g/mol. The lowest BCUT2D eigenvalue weighted by Crippen LogP contribution is -2.56. The van der Waals surface area contributed by atoms with Crippen molar-refractivity contribution in [3.63, 3.8) is 0 Å². The molecule has 0 bridgehead atoms. The van der Waals surface area contributed by atoms with Crippen LogP contribution in [0.4, 0.5) is 4.39 Å². The summed E-state index contributed by atoms with van der Waals surface area (Å²) in [6.45, 7) is 7.16. The van der Waals surface area contributed by atoms with Gasteiger partial charge in [-0.15, -0.1) is 0 Å². The largest absolute Gasteiger partial charge is 0.354 e. The molecule has 2 aromatic rings. The van der Waals surface area contributed by atoms with Crippen LogP contribution in [0.25, 0.3) is 11.1 Å². The molecule has 0 radical (unpaired) electrons. The number of nitrogens with one attached hydrogen (secondary N) is 1. The van der Waals surface area contributed by atoms with Crippen LogP contribution in [-0.2, 0) is 9.59 Å². The Labute approximate surface area is 190 Å². The lowest BCUT2D eigenvalue weighted by molar-refractivity contribution is -0.143. The molecule has 1 saturated heterocycles. The molecular weight excluding hydrogens is 435 g/mol. The van der Waals surface area contributed by atoms with Gasteiger partial charge in [-0.05, 0) is 42.8 Å². The predicted octanol–water partition coefficient (Wildman–Crippen LogP) is 3.21. The summed E-state index contributed by atoms with van der Waals surface area (Å²) in [7, 11) is 1.48. The Morgan fingerprint density at radius 2 is 2.00 bits per heavy atom. The number of amides is 3. The van der Waals surface area contributed by atoms with E-state index in [1.807, 2.05) is 0 Å². The molecule has 2 heterocycles. The first-order chi connectivity index (χ1) is 15.2. The molecular formula is C23H24ClFN4O3. The highest BCUT2D eigenvalue weighted by molar-refractivity contribution is 6.31. The molecule has 3 amide bonds. The zero-order valence-corrected chi connectivity index (χ0v) is 18.8. The number of rotatable bonds is 4. The van der Waals surface area contributed by atoms with Gasteiger partial charge in [0.25, 0.3) is 5.91 Å². The highest BCUT2D eigenvalue weighted by atomic mass is 35.5. The van der Waals surface area contributed by atoms with Crippen LogP contribution in [0, 0.1) is 5.82 Å². The fourth-order valence-corrected chi connectivity index (χ4v) is 4.31. The fourth-order valence-electron chi connectivity index (χ4n) is 4.09. The molecule has 1 aromatic carbocycles. The van der Waals surface area contributed by atoms with Crippen LogP contribution < -0.4 is 5.32 Å². The Hall–Kier alpha value is -3.26. The first-order valence-electron chi connectivity index (χ1n) is 10.1. The van der Waals surface area contributed by atoms with E-state index in [0.29, 0.717) is 12.1 Å². The Kier molecular flexibility index (Phi) is 6.93. The summed E-state index contributed by atoms with van der Waals surface area (Å²) in [6.07, 6.45) is 2.61. The summed E-state index contributed by atoms with van der Waals surface area (Å²) in [4.78, 5) is 43.8. The van der Waals surface area contributed by atoms with Crippen molar-refractivity contribution in [1.82, 2.24) is 20.1 Å². The van der Waals surface area contributed by atoms with E-state index in [9.17, 15) is 14.4 Å². The molecule has 9 heteroatoms. The first kappa shape index (κ1) is 23.4. The van der Waals surface area contributed by atoms with Crippen LogP contribution in [-0.4, -0.2) is 58.7 Å². The van der Waals surface area contributed by atoms with Crippen molar-refractivity contribution in [3.8, 4) is 11.1 Å². The Morgan fingerprint density at radius 1 is 1.28 bits per heavy atom. The van der Waals surface area contributed by atoms with Gasteiger partial charge in [-0.3, -0.25) is 19.4 Å². The summed E-state index contributed by atoms with van der Waals surface area (Å²) < 4.78 is 15.9. The average molecular weight is 459 g/mol. The zero-order valence-electron chi connectivity index (χ0n) is 18.1. The van der Waals surface area contributed by atoms with Crippen LogP contribution in [0.3, 0.4) is 0 Å². The Morgan fingerprint density at radius 3 is 2.62 bits per heavy atom. The topological polar surface area (TPSA) is 82.6 Å². The van der Waals surface area contributed by atoms with E-state index in [1.54, 1.807) is 17.9 Å². The van der Waals surface area contributed by atoms with E-state index in [0.717, 1.165) is 0 Å². The predicted molar refractivity (Wildman–Crippen MR) is 120 cm³/mol. The van der Waals surface area contributed by atoms with Crippen molar-refractivity contribution in [2.75, 3.05) is 20.1 Å². The molecule has 2 atom stereocenters. The van der Waals surface area contributed by atoms with E-state index in [4.69, 9.17) is 11.6 Å². The van der Waals surface area contributed by atoms with E-state index < -0.39 is 17.8 Å². The minimum absolute atomic E-state index is 0.102. The molecule has 7 nitrogen and oxygen atoms in total. The lowest BCUT2D eigenvalue weighted by atomic mass is 9.94. The summed E-state index contributed by atoms with van der Waals surface area (Å²) in [5.74, 6) is -1.52. The van der Waals surface area contributed by atoms with Gasteiger partial charge in [0, 0.05) is 55.4 Å². The summed E-state index contributed by atoms with van der Waals surface area (Å²) in [6, 6.07) is 4.90. The van der Waals surface area contributed by atoms with Gasteiger partial charge in [-0.2, -0.15) is 0 Å². The fraction of sp³-hybridized carbons (Fsp3) is 0.304. The van der Waals surface area contributed by atoms with Gasteiger partial charge >= 0.3 is 0 Å². The van der Waals surface area contributed by atoms with Crippen molar-refractivity contribution < 1.29 is 18.8 Å². The minimum Gasteiger partial charge on any atom is -0.354 e. The average Bonchev–Trinajstić information content (AvgIpc) is 2.78. The quantitative estimate of drug-likeness (QED) is 0.713. The molecule has 0 aliphatic carbocycles. The van der Waals surface area contributed by atoms with Gasteiger partial charge in [-0.25, -0.2) is 4.39 Å². The third kappa shape index (κ3) is 4.50. The third-order valence-corrected chi connectivity index (χ3v) is 5.71. The maximum atomic E-state index is 15.9. The van der Waals surface area contributed by atoms with E-state index >= 15 is 4.39 Å². The maximum absolute atomic E-state index is 15.9. The summed E-state index contributed by atoms with van der Waals surface area (Å²) in [5.41, 5.74) is 0.903. The van der Waals surface area contributed by atoms with Gasteiger partial charge in [0.05, 0.1) is 6.04 Å². The van der Waals surface area contributed by atoms with Crippen LogP contribution in [0.1, 0.15) is 35.9 Å². The minimum atomic E-state index is -0.738. The second kappa shape index (κ2) is 9.48. The zero-order chi connectivity index (χ0) is 23.6. The van der Waals surface area contributed by atoms with Gasteiger partial charge in [0.15, 0.2) is 0 Å². The van der Waals surface area contributed by atoms with Crippen LogP contribution in [0.5, 0.6) is 0 Å².